The van der Waals surface area contributed by atoms with E-state index in [0.717, 1.165) is 22.3 Å². The fourth-order valence-electron chi connectivity index (χ4n) is 6.74. The molecule has 2 aromatic rings. The monoisotopic (exact) mass is 753 g/mol. The summed E-state index contributed by atoms with van der Waals surface area (Å²) in [5.41, 5.74) is 0.605. The molecule has 0 heterocycles. The molecule has 7 N–H and O–H groups in total. The van der Waals surface area contributed by atoms with Crippen molar-refractivity contribution in [2.45, 2.75) is 120 Å². The maximum absolute atomic E-state index is 13.4. The number of fused-ring (bicyclic) bond motifs is 3. The van der Waals surface area contributed by atoms with Gasteiger partial charge in [0.05, 0.1) is 0 Å². The van der Waals surface area contributed by atoms with E-state index in [2.05, 4.69) is 16.0 Å². The number of rotatable bonds is 23. The van der Waals surface area contributed by atoms with Crippen LogP contribution in [0.2, 0.25) is 0 Å². The van der Waals surface area contributed by atoms with Crippen LogP contribution in [-0.4, -0.2) is 85.4 Å². The second-order valence-corrected chi connectivity index (χ2v) is 14.8. The number of carbonyl (C=O) groups is 7. The first kappa shape index (κ1) is 42.9. The molecule has 3 amide bonds. The maximum Gasteiger partial charge on any atom is 0.407 e. The summed E-state index contributed by atoms with van der Waals surface area (Å²) in [6, 6.07) is 15.7. The van der Waals surface area contributed by atoms with E-state index in [1.807, 2.05) is 48.5 Å². The van der Waals surface area contributed by atoms with E-state index >= 15 is 0 Å². The summed E-state index contributed by atoms with van der Waals surface area (Å²) in [6.07, 6.45) is -2.43. The van der Waals surface area contributed by atoms with Gasteiger partial charge in [0.2, 0.25) is 11.8 Å². The maximum atomic E-state index is 13.4. The second-order valence-electron chi connectivity index (χ2n) is 14.8. The molecule has 0 radical (unpaired) electrons. The molecule has 15 nitrogen and oxygen atoms in total. The SMILES string of the molecule is CC(CCC(=O)O)(CCC(=O)O)NC(=O)CCC(C)(CCC(=O)NC(C)(CCC(=O)O)CCC(=O)O)NC(=O)OCC1c2ccccc2-c2ccccc21. The third-order valence-corrected chi connectivity index (χ3v) is 10.0. The van der Waals surface area contributed by atoms with Crippen molar-refractivity contribution in [1.82, 2.24) is 16.0 Å². The Balaban J connectivity index is 1.76. The lowest BCUT2D eigenvalue weighted by Gasteiger charge is -2.34. The fraction of sp³-hybridized carbons (Fsp3) is 0.513. The zero-order valence-corrected chi connectivity index (χ0v) is 30.9. The molecule has 0 aromatic heterocycles. The van der Waals surface area contributed by atoms with Gasteiger partial charge in [-0.05, 0) is 81.5 Å². The van der Waals surface area contributed by atoms with Crippen molar-refractivity contribution in [3.8, 4) is 11.1 Å². The quantitative estimate of drug-likeness (QED) is 0.0788. The molecule has 15 heteroatoms. The first-order valence-corrected chi connectivity index (χ1v) is 17.9. The average molecular weight is 754 g/mol. The Morgan fingerprint density at radius 3 is 1.19 bits per heavy atom. The minimum absolute atomic E-state index is 0.000450. The molecular weight excluding hydrogens is 702 g/mol. The molecular formula is C39H51N3O12. The Hall–Kier alpha value is -5.47. The first-order chi connectivity index (χ1) is 25.3. The van der Waals surface area contributed by atoms with Crippen LogP contribution in [0.25, 0.3) is 11.1 Å². The third kappa shape index (κ3) is 13.5. The zero-order valence-electron chi connectivity index (χ0n) is 30.9. The fourth-order valence-corrected chi connectivity index (χ4v) is 6.74. The van der Waals surface area contributed by atoms with Gasteiger partial charge in [-0.2, -0.15) is 0 Å². The average Bonchev–Trinajstić information content (AvgIpc) is 3.42. The van der Waals surface area contributed by atoms with Crippen molar-refractivity contribution in [2.24, 2.45) is 0 Å². The summed E-state index contributed by atoms with van der Waals surface area (Å²) in [6.45, 7) is 4.78. The van der Waals surface area contributed by atoms with E-state index in [1.165, 1.54) is 0 Å². The number of hydrogen-bond acceptors (Lipinski definition) is 8. The number of alkyl carbamates (subject to hydrolysis) is 1. The lowest BCUT2D eigenvalue weighted by Crippen LogP contribution is -2.51. The highest BCUT2D eigenvalue weighted by Gasteiger charge is 2.35. The summed E-state index contributed by atoms with van der Waals surface area (Å²) in [5, 5.41) is 45.2. The molecule has 0 aliphatic heterocycles. The number of hydrogen-bond donors (Lipinski definition) is 7. The topological polar surface area (TPSA) is 246 Å². The van der Waals surface area contributed by atoms with Gasteiger partial charge in [0.1, 0.15) is 6.61 Å². The van der Waals surface area contributed by atoms with Gasteiger partial charge in [-0.1, -0.05) is 48.5 Å². The Bertz CT molecular complexity index is 1560. The molecule has 294 valence electrons. The van der Waals surface area contributed by atoms with Crippen LogP contribution in [0.15, 0.2) is 48.5 Å². The summed E-state index contributed by atoms with van der Waals surface area (Å²) >= 11 is 0. The van der Waals surface area contributed by atoms with E-state index in [4.69, 9.17) is 4.74 Å². The van der Waals surface area contributed by atoms with Gasteiger partial charge in [0.25, 0.3) is 0 Å². The van der Waals surface area contributed by atoms with Crippen LogP contribution in [-0.2, 0) is 33.5 Å². The molecule has 0 saturated carbocycles. The number of amides is 3. The number of carbonyl (C=O) groups excluding carboxylic acids is 3. The minimum atomic E-state index is -1.21. The van der Waals surface area contributed by atoms with Crippen LogP contribution in [0, 0.1) is 0 Å². The predicted molar refractivity (Wildman–Crippen MR) is 196 cm³/mol. The molecule has 54 heavy (non-hydrogen) atoms. The van der Waals surface area contributed by atoms with Gasteiger partial charge in [0.15, 0.2) is 0 Å². The molecule has 0 unspecified atom stereocenters. The van der Waals surface area contributed by atoms with Crippen LogP contribution < -0.4 is 16.0 Å². The van der Waals surface area contributed by atoms with E-state index < -0.39 is 58.4 Å². The molecule has 0 bridgehead atoms. The molecule has 0 fully saturated rings. The van der Waals surface area contributed by atoms with Crippen LogP contribution in [0.1, 0.15) is 115 Å². The molecule has 0 atom stereocenters. The van der Waals surface area contributed by atoms with E-state index in [0.29, 0.717) is 0 Å². The van der Waals surface area contributed by atoms with E-state index in [9.17, 15) is 54.0 Å². The normalized spacial score (nSPS) is 12.6. The summed E-state index contributed by atoms with van der Waals surface area (Å²) < 4.78 is 5.75. The van der Waals surface area contributed by atoms with Gasteiger partial charge in [-0.3, -0.25) is 28.8 Å². The molecule has 1 aliphatic rings. The van der Waals surface area contributed by atoms with E-state index in [-0.39, 0.29) is 89.6 Å². The standard InChI is InChI=1S/C39H51N3O12/c1-37(20-14-32(45)46,21-15-33(47)48)40-30(43)12-18-39(3,19-13-31(44)41-38(2,22-16-34(49)50)23-17-35(51)52)42-36(53)54-24-29-27-10-6-4-8-25(27)26-9-5-7-11-28(26)29/h4-11,29H,12-24H2,1-3H3,(H,40,43)(H,41,44)(H,42,53)(H,45,46)(H,47,48)(H,49,50)(H,51,52). The van der Waals surface area contributed by atoms with Crippen molar-refractivity contribution in [3.05, 3.63) is 59.7 Å². The van der Waals surface area contributed by atoms with Gasteiger partial charge in [0, 0.05) is 61.1 Å². The van der Waals surface area contributed by atoms with Gasteiger partial charge < -0.3 is 41.1 Å². The van der Waals surface area contributed by atoms with Gasteiger partial charge in [-0.15, -0.1) is 0 Å². The Morgan fingerprint density at radius 2 is 0.833 bits per heavy atom. The predicted octanol–water partition coefficient (Wildman–Crippen LogP) is 5.05. The highest BCUT2D eigenvalue weighted by Crippen LogP contribution is 2.44. The van der Waals surface area contributed by atoms with E-state index in [1.54, 1.807) is 20.8 Å². The summed E-state index contributed by atoms with van der Waals surface area (Å²) in [7, 11) is 0. The number of ether oxygens (including phenoxy) is 1. The molecule has 1 aliphatic carbocycles. The molecule has 0 spiro atoms. The van der Waals surface area contributed by atoms with Crippen LogP contribution >= 0.6 is 0 Å². The highest BCUT2D eigenvalue weighted by atomic mass is 16.5. The third-order valence-electron chi connectivity index (χ3n) is 10.0. The number of aliphatic carboxylic acids is 4. The largest absolute Gasteiger partial charge is 0.481 e. The molecule has 3 rings (SSSR count). The van der Waals surface area contributed by atoms with Crippen molar-refractivity contribution >= 4 is 41.8 Å². The zero-order chi connectivity index (χ0) is 40.1. The minimum Gasteiger partial charge on any atom is -0.481 e. The summed E-state index contributed by atoms with van der Waals surface area (Å²) in [5.74, 6) is -5.69. The van der Waals surface area contributed by atoms with Gasteiger partial charge >= 0.3 is 30.0 Å². The van der Waals surface area contributed by atoms with Crippen molar-refractivity contribution in [2.75, 3.05) is 6.61 Å². The highest BCUT2D eigenvalue weighted by molar-refractivity contribution is 5.80. The smallest absolute Gasteiger partial charge is 0.407 e. The lowest BCUT2D eigenvalue weighted by atomic mass is 9.87. The van der Waals surface area contributed by atoms with Crippen LogP contribution in [0.4, 0.5) is 4.79 Å². The number of carboxylic acids is 4. The molecule has 0 saturated heterocycles. The van der Waals surface area contributed by atoms with Crippen molar-refractivity contribution in [3.63, 3.8) is 0 Å². The Labute approximate surface area is 313 Å². The van der Waals surface area contributed by atoms with Gasteiger partial charge in [-0.25, -0.2) is 4.79 Å². The van der Waals surface area contributed by atoms with Crippen molar-refractivity contribution in [1.29, 1.82) is 0 Å². The Kier molecular flexibility index (Phi) is 15.1. The number of carboxylic acid groups (broad SMARTS) is 4. The Morgan fingerprint density at radius 1 is 0.519 bits per heavy atom. The van der Waals surface area contributed by atoms with Crippen LogP contribution in [0.3, 0.4) is 0 Å². The summed E-state index contributed by atoms with van der Waals surface area (Å²) in [4.78, 5) is 85.0. The number of nitrogens with one attached hydrogen (secondary N) is 3. The van der Waals surface area contributed by atoms with Crippen molar-refractivity contribution < 1.29 is 58.7 Å². The molecule has 2 aromatic carbocycles. The second kappa shape index (κ2) is 19.0. The lowest BCUT2D eigenvalue weighted by molar-refractivity contribution is -0.139. The van der Waals surface area contributed by atoms with Crippen LogP contribution in [0.5, 0.6) is 0 Å². The first-order valence-electron chi connectivity index (χ1n) is 17.9. The number of benzene rings is 2.